The number of hydrogen-bond donors (Lipinski definition) is 1. The van der Waals surface area contributed by atoms with Gasteiger partial charge in [-0.15, -0.1) is 0 Å². The lowest BCUT2D eigenvalue weighted by molar-refractivity contribution is -0.600. The predicted octanol–water partition coefficient (Wildman–Crippen LogP) is 1.76. The van der Waals surface area contributed by atoms with Crippen molar-refractivity contribution in [2.24, 2.45) is 0 Å². The molecule has 0 bridgehead atoms. The van der Waals surface area contributed by atoms with Crippen LogP contribution in [0.1, 0.15) is 16.3 Å². The van der Waals surface area contributed by atoms with Gasteiger partial charge >= 0.3 is 0 Å². The normalized spacial score (nSPS) is 15.0. The maximum atomic E-state index is 13.1. The van der Waals surface area contributed by atoms with E-state index in [1.165, 1.54) is 21.6 Å². The second kappa shape index (κ2) is 8.87. The lowest BCUT2D eigenvalue weighted by atomic mass is 10.2. The van der Waals surface area contributed by atoms with Crippen molar-refractivity contribution in [2.75, 3.05) is 26.2 Å². The zero-order chi connectivity index (χ0) is 24.7. The molecule has 3 aromatic heterocycles. The molecular weight excluding hydrogens is 494 g/mol. The van der Waals surface area contributed by atoms with Gasteiger partial charge in [-0.05, 0) is 24.3 Å². The summed E-state index contributed by atoms with van der Waals surface area (Å²) >= 11 is 5.97. The Bertz CT molecular complexity index is 1530. The number of piperazine rings is 1. The number of nitrogens with zero attached hydrogens (tertiary/aromatic N) is 6. The van der Waals surface area contributed by atoms with Crippen LogP contribution < -0.4 is 4.73 Å². The third-order valence-corrected chi connectivity index (χ3v) is 7.76. The van der Waals surface area contributed by atoms with E-state index in [2.05, 4.69) is 19.9 Å². The van der Waals surface area contributed by atoms with Crippen LogP contribution in [0.2, 0.25) is 5.02 Å². The van der Waals surface area contributed by atoms with Gasteiger partial charge in [0.05, 0.1) is 16.6 Å². The van der Waals surface area contributed by atoms with E-state index in [0.717, 1.165) is 4.73 Å². The fourth-order valence-corrected chi connectivity index (χ4v) is 5.38. The quantitative estimate of drug-likeness (QED) is 0.324. The van der Waals surface area contributed by atoms with E-state index in [1.54, 1.807) is 43.3 Å². The fourth-order valence-electron chi connectivity index (χ4n) is 3.86. The van der Waals surface area contributed by atoms with Gasteiger partial charge in [0.1, 0.15) is 0 Å². The van der Waals surface area contributed by atoms with Crippen molar-refractivity contribution in [3.8, 4) is 11.3 Å². The summed E-state index contributed by atoms with van der Waals surface area (Å²) in [6.07, 6.45) is 2.86. The van der Waals surface area contributed by atoms with Gasteiger partial charge in [-0.25, -0.2) is 23.4 Å². The van der Waals surface area contributed by atoms with E-state index in [4.69, 9.17) is 11.6 Å². The summed E-state index contributed by atoms with van der Waals surface area (Å²) in [7, 11) is -3.87. The zero-order valence-electron chi connectivity index (χ0n) is 18.5. The summed E-state index contributed by atoms with van der Waals surface area (Å²) in [6.45, 7) is 2.24. The number of rotatable bonds is 4. The number of carbonyl (C=O) groups is 1. The molecular formula is C22H20ClN7O4S. The summed E-state index contributed by atoms with van der Waals surface area (Å²) in [5.74, 6) is -0.435. The van der Waals surface area contributed by atoms with E-state index in [0.29, 0.717) is 33.0 Å². The van der Waals surface area contributed by atoms with Gasteiger partial charge in [0.15, 0.2) is 5.69 Å². The van der Waals surface area contributed by atoms with Gasteiger partial charge in [-0.1, -0.05) is 11.6 Å². The lowest BCUT2D eigenvalue weighted by Crippen LogP contribution is -2.50. The van der Waals surface area contributed by atoms with Gasteiger partial charge in [0.2, 0.25) is 16.7 Å². The van der Waals surface area contributed by atoms with Crippen LogP contribution in [-0.2, 0) is 10.0 Å². The first-order valence-corrected chi connectivity index (χ1v) is 12.5. The Morgan fingerprint density at radius 3 is 2.54 bits per heavy atom. The highest BCUT2D eigenvalue weighted by atomic mass is 35.5. The number of sulfonamides is 1. The number of pyridine rings is 1. The highest BCUT2D eigenvalue weighted by Gasteiger charge is 2.33. The van der Waals surface area contributed by atoms with Crippen LogP contribution in [0.4, 0.5) is 0 Å². The molecule has 1 saturated heterocycles. The van der Waals surface area contributed by atoms with Crippen molar-refractivity contribution in [3.05, 3.63) is 70.5 Å². The van der Waals surface area contributed by atoms with E-state index in [-0.39, 0.29) is 37.2 Å². The van der Waals surface area contributed by atoms with Crippen LogP contribution in [0.25, 0.3) is 22.3 Å². The van der Waals surface area contributed by atoms with Crippen molar-refractivity contribution in [3.63, 3.8) is 0 Å². The van der Waals surface area contributed by atoms with Crippen molar-refractivity contribution < 1.29 is 17.9 Å². The van der Waals surface area contributed by atoms with Crippen molar-refractivity contribution in [2.45, 2.75) is 12.1 Å². The Morgan fingerprint density at radius 2 is 1.83 bits per heavy atom. The minimum absolute atomic E-state index is 0.0238. The summed E-state index contributed by atoms with van der Waals surface area (Å²) in [4.78, 5) is 29.6. The topological polar surface area (TPSA) is 139 Å². The number of aryl methyl sites for hydroxylation is 1. The molecule has 13 heteroatoms. The first-order chi connectivity index (χ1) is 16.7. The largest absolute Gasteiger partial charge is 0.618 e. The van der Waals surface area contributed by atoms with Crippen LogP contribution in [-0.4, -0.2) is 69.6 Å². The number of nitrogens with one attached hydrogen (secondary N) is 1. The van der Waals surface area contributed by atoms with Gasteiger partial charge in [-0.2, -0.15) is 9.04 Å². The predicted molar refractivity (Wildman–Crippen MR) is 127 cm³/mol. The number of amides is 1. The average Bonchev–Trinajstić information content (AvgIpc) is 3.30. The molecule has 1 N–H and O–H groups in total. The molecule has 0 atom stereocenters. The SMILES string of the molecule is Cc1cccc(-c2cnc(C(=O)N3CCN(S(=O)(=O)c4nc5ccc(Cl)cc5[nH]4)CC3)nc2)[n+]1[O-]. The van der Waals surface area contributed by atoms with E-state index >= 15 is 0 Å². The monoisotopic (exact) mass is 513 g/mol. The van der Waals surface area contributed by atoms with Crippen LogP contribution >= 0.6 is 11.6 Å². The summed E-state index contributed by atoms with van der Waals surface area (Å²) < 4.78 is 28.2. The first-order valence-electron chi connectivity index (χ1n) is 10.7. The number of fused-ring (bicyclic) bond motifs is 1. The smallest absolute Gasteiger partial charge is 0.291 e. The molecule has 1 amide bonds. The molecule has 0 radical (unpaired) electrons. The van der Waals surface area contributed by atoms with Gasteiger partial charge < -0.3 is 15.1 Å². The van der Waals surface area contributed by atoms with E-state index in [9.17, 15) is 18.4 Å². The number of imidazole rings is 1. The minimum Gasteiger partial charge on any atom is -0.618 e. The minimum atomic E-state index is -3.87. The summed E-state index contributed by atoms with van der Waals surface area (Å²) in [6, 6.07) is 9.99. The number of aromatic nitrogens is 5. The molecule has 4 heterocycles. The Labute approximate surface area is 205 Å². The zero-order valence-corrected chi connectivity index (χ0v) is 20.1. The Kier molecular flexibility index (Phi) is 5.87. The second-order valence-corrected chi connectivity index (χ2v) is 10.3. The molecule has 5 rings (SSSR count). The van der Waals surface area contributed by atoms with Crippen molar-refractivity contribution in [1.82, 2.24) is 29.1 Å². The highest BCUT2D eigenvalue weighted by molar-refractivity contribution is 7.89. The number of carbonyl (C=O) groups excluding carboxylic acids is 1. The Balaban J connectivity index is 1.27. The molecule has 1 aromatic carbocycles. The number of hydrogen-bond acceptors (Lipinski definition) is 7. The molecule has 11 nitrogen and oxygen atoms in total. The maximum Gasteiger partial charge on any atom is 0.291 e. The number of aromatic amines is 1. The molecule has 4 aromatic rings. The molecule has 0 saturated carbocycles. The summed E-state index contributed by atoms with van der Waals surface area (Å²) in [5.41, 5.74) is 2.43. The molecule has 0 unspecified atom stereocenters. The molecule has 1 fully saturated rings. The third kappa shape index (κ3) is 4.31. The van der Waals surface area contributed by atoms with Crippen LogP contribution in [0, 0.1) is 12.1 Å². The maximum absolute atomic E-state index is 13.1. The van der Waals surface area contributed by atoms with Crippen molar-refractivity contribution in [1.29, 1.82) is 0 Å². The van der Waals surface area contributed by atoms with Gasteiger partial charge in [0, 0.05) is 62.7 Å². The second-order valence-electron chi connectivity index (χ2n) is 8.04. The molecule has 0 aliphatic carbocycles. The standard InChI is InChI=1S/C22H20ClN7O4S/c1-14-3-2-4-19(30(14)32)15-12-24-20(25-13-15)21(31)28-7-9-29(10-8-28)35(33,34)22-26-17-6-5-16(23)11-18(17)27-22/h2-6,11-13H,7-10H2,1H3,(H,26,27). The fraction of sp³-hybridized carbons (Fsp3) is 0.227. The van der Waals surface area contributed by atoms with Crippen LogP contribution in [0.15, 0.2) is 53.9 Å². The van der Waals surface area contributed by atoms with Gasteiger partial charge in [0.25, 0.3) is 15.9 Å². The molecule has 1 aliphatic heterocycles. The molecule has 0 spiro atoms. The Hall–Kier alpha value is -3.61. The van der Waals surface area contributed by atoms with Crippen LogP contribution in [0.3, 0.4) is 0 Å². The molecule has 1 aliphatic rings. The number of H-pyrrole nitrogens is 1. The number of benzene rings is 1. The van der Waals surface area contributed by atoms with E-state index < -0.39 is 15.9 Å². The first kappa shape index (κ1) is 23.1. The lowest BCUT2D eigenvalue weighted by Gasteiger charge is -2.33. The molecule has 35 heavy (non-hydrogen) atoms. The molecule has 180 valence electrons. The van der Waals surface area contributed by atoms with Crippen molar-refractivity contribution >= 4 is 38.6 Å². The Morgan fingerprint density at radius 1 is 1.11 bits per heavy atom. The van der Waals surface area contributed by atoms with E-state index in [1.807, 2.05) is 0 Å². The average molecular weight is 514 g/mol. The summed E-state index contributed by atoms with van der Waals surface area (Å²) in [5, 5.41) is 12.5. The van der Waals surface area contributed by atoms with Gasteiger partial charge in [-0.3, -0.25) is 4.79 Å². The highest BCUT2D eigenvalue weighted by Crippen LogP contribution is 2.22. The third-order valence-electron chi connectivity index (χ3n) is 5.80. The van der Waals surface area contributed by atoms with Crippen LogP contribution in [0.5, 0.6) is 0 Å². The number of halogens is 1.